The van der Waals surface area contributed by atoms with Gasteiger partial charge in [-0.2, -0.15) is 10.1 Å². The number of carbonyl (C=O) groups is 1. The number of oxazole rings is 1. The zero-order valence-electron chi connectivity index (χ0n) is 7.31. The van der Waals surface area contributed by atoms with Crippen LogP contribution >= 0.6 is 0 Å². The van der Waals surface area contributed by atoms with Gasteiger partial charge in [-0.25, -0.2) is 10.1 Å². The molecule has 2 aromatic heterocycles. The van der Waals surface area contributed by atoms with Crippen molar-refractivity contribution < 1.29 is 9.21 Å². The Hall–Kier alpha value is -2.18. The van der Waals surface area contributed by atoms with E-state index >= 15 is 0 Å². The van der Waals surface area contributed by atoms with Crippen LogP contribution in [0.3, 0.4) is 0 Å². The summed E-state index contributed by atoms with van der Waals surface area (Å²) < 4.78 is 4.89. The molecule has 0 saturated heterocycles. The van der Waals surface area contributed by atoms with Crippen molar-refractivity contribution in [1.82, 2.24) is 20.2 Å². The Balaban J connectivity index is 2.14. The van der Waals surface area contributed by atoms with E-state index in [1.807, 2.05) is 0 Å². The molecule has 0 radical (unpaired) electrons. The molecule has 0 unspecified atom stereocenters. The molecule has 0 saturated carbocycles. The van der Waals surface area contributed by atoms with E-state index < -0.39 is 5.91 Å². The first-order valence-electron chi connectivity index (χ1n) is 3.84. The minimum atomic E-state index is -0.406. The molecule has 2 aromatic rings. The van der Waals surface area contributed by atoms with Crippen LogP contribution in [0, 0.1) is 6.92 Å². The fourth-order valence-corrected chi connectivity index (χ4v) is 0.950. The molecule has 72 valence electrons. The molecule has 0 bridgehead atoms. The number of nitrogens with one attached hydrogen (secondary N) is 2. The topological polar surface area (TPSA) is 96.7 Å². The normalized spacial score (nSPS) is 10.1. The van der Waals surface area contributed by atoms with Gasteiger partial charge in [0.1, 0.15) is 6.33 Å². The van der Waals surface area contributed by atoms with E-state index in [2.05, 4.69) is 25.5 Å². The third kappa shape index (κ3) is 1.47. The van der Waals surface area contributed by atoms with Crippen LogP contribution in [-0.2, 0) is 0 Å². The lowest BCUT2D eigenvalue weighted by molar-refractivity contribution is 0.0995. The van der Waals surface area contributed by atoms with Gasteiger partial charge in [0, 0.05) is 0 Å². The van der Waals surface area contributed by atoms with E-state index in [4.69, 9.17) is 4.42 Å². The SMILES string of the molecule is Cc1ncoc1C(=O)Nc1ncn[nH]1. The smallest absolute Gasteiger partial charge is 0.295 e. The highest BCUT2D eigenvalue weighted by molar-refractivity contribution is 6.01. The molecule has 7 nitrogen and oxygen atoms in total. The first-order valence-corrected chi connectivity index (χ1v) is 3.84. The average Bonchev–Trinajstić information content (AvgIpc) is 2.75. The maximum absolute atomic E-state index is 11.5. The fraction of sp³-hybridized carbons (Fsp3) is 0.143. The van der Waals surface area contributed by atoms with Gasteiger partial charge in [-0.1, -0.05) is 0 Å². The molecule has 0 aliphatic rings. The van der Waals surface area contributed by atoms with Crippen LogP contribution in [0.4, 0.5) is 5.95 Å². The highest BCUT2D eigenvalue weighted by Gasteiger charge is 2.14. The Morgan fingerprint density at radius 3 is 3.00 bits per heavy atom. The summed E-state index contributed by atoms with van der Waals surface area (Å²) in [5.41, 5.74) is 0.530. The number of hydrogen-bond acceptors (Lipinski definition) is 5. The molecule has 1 amide bonds. The number of aromatic amines is 1. The van der Waals surface area contributed by atoms with Gasteiger partial charge < -0.3 is 4.42 Å². The summed E-state index contributed by atoms with van der Waals surface area (Å²) in [6, 6.07) is 0. The largest absolute Gasteiger partial charge is 0.438 e. The van der Waals surface area contributed by atoms with Crippen molar-refractivity contribution >= 4 is 11.9 Å². The highest BCUT2D eigenvalue weighted by Crippen LogP contribution is 2.06. The third-order valence-electron chi connectivity index (χ3n) is 1.60. The Morgan fingerprint density at radius 2 is 2.43 bits per heavy atom. The van der Waals surface area contributed by atoms with Gasteiger partial charge in [-0.3, -0.25) is 10.1 Å². The second-order valence-corrected chi connectivity index (χ2v) is 2.56. The Kier molecular flexibility index (Phi) is 1.98. The molecule has 2 rings (SSSR count). The molecule has 2 N–H and O–H groups in total. The van der Waals surface area contributed by atoms with Gasteiger partial charge >= 0.3 is 0 Å². The zero-order valence-corrected chi connectivity index (χ0v) is 7.31. The monoisotopic (exact) mass is 193 g/mol. The molecular weight excluding hydrogens is 186 g/mol. The number of hydrogen-bond donors (Lipinski definition) is 2. The predicted molar refractivity (Wildman–Crippen MR) is 45.6 cm³/mol. The lowest BCUT2D eigenvalue weighted by Gasteiger charge is -1.97. The van der Waals surface area contributed by atoms with Crippen molar-refractivity contribution in [2.24, 2.45) is 0 Å². The molecule has 2 heterocycles. The average molecular weight is 193 g/mol. The predicted octanol–water partition coefficient (Wildman–Crippen LogP) is 0.353. The molecule has 0 aliphatic heterocycles. The third-order valence-corrected chi connectivity index (χ3v) is 1.60. The minimum Gasteiger partial charge on any atom is -0.438 e. The molecular formula is C7H7N5O2. The number of nitrogens with zero attached hydrogens (tertiary/aromatic N) is 3. The van der Waals surface area contributed by atoms with Crippen LogP contribution in [0.1, 0.15) is 16.2 Å². The number of H-pyrrole nitrogens is 1. The standard InChI is InChI=1S/C7H7N5O2/c1-4-5(14-3-9-4)6(13)11-7-8-2-10-12-7/h2-3H,1H3,(H2,8,10,11,12,13). The zero-order chi connectivity index (χ0) is 9.97. The molecule has 7 heteroatoms. The van der Waals surface area contributed by atoms with Gasteiger partial charge in [-0.15, -0.1) is 0 Å². The van der Waals surface area contributed by atoms with Gasteiger partial charge in [0.15, 0.2) is 6.39 Å². The van der Waals surface area contributed by atoms with Crippen molar-refractivity contribution in [1.29, 1.82) is 0 Å². The summed E-state index contributed by atoms with van der Waals surface area (Å²) in [5.74, 6) is 0.0314. The number of anilines is 1. The van der Waals surface area contributed by atoms with E-state index in [1.165, 1.54) is 12.7 Å². The number of carbonyl (C=O) groups excluding carboxylic acids is 1. The van der Waals surface area contributed by atoms with Crippen LogP contribution < -0.4 is 5.32 Å². The van der Waals surface area contributed by atoms with Crippen molar-refractivity contribution in [2.75, 3.05) is 5.32 Å². The molecule has 14 heavy (non-hydrogen) atoms. The van der Waals surface area contributed by atoms with E-state index in [1.54, 1.807) is 6.92 Å². The molecule has 0 fully saturated rings. The van der Waals surface area contributed by atoms with Gasteiger partial charge in [0.2, 0.25) is 11.7 Å². The van der Waals surface area contributed by atoms with E-state index in [9.17, 15) is 4.79 Å². The van der Waals surface area contributed by atoms with Crippen LogP contribution in [0.15, 0.2) is 17.1 Å². The maximum atomic E-state index is 11.5. The van der Waals surface area contributed by atoms with Gasteiger partial charge in [0.05, 0.1) is 5.69 Å². The molecule has 0 spiro atoms. The Labute approximate surface area is 78.6 Å². The van der Waals surface area contributed by atoms with E-state index in [0.29, 0.717) is 5.69 Å². The van der Waals surface area contributed by atoms with Gasteiger partial charge in [0.25, 0.3) is 5.91 Å². The molecule has 0 atom stereocenters. The summed E-state index contributed by atoms with van der Waals surface area (Å²) in [7, 11) is 0. The van der Waals surface area contributed by atoms with Gasteiger partial charge in [-0.05, 0) is 6.92 Å². The van der Waals surface area contributed by atoms with Crippen LogP contribution in [-0.4, -0.2) is 26.1 Å². The summed E-state index contributed by atoms with van der Waals surface area (Å²) >= 11 is 0. The Morgan fingerprint density at radius 1 is 1.57 bits per heavy atom. The minimum absolute atomic E-state index is 0.168. The first-order chi connectivity index (χ1) is 6.77. The maximum Gasteiger partial charge on any atom is 0.295 e. The van der Waals surface area contributed by atoms with Crippen molar-refractivity contribution in [3.05, 3.63) is 24.2 Å². The number of aromatic nitrogens is 4. The lowest BCUT2D eigenvalue weighted by Crippen LogP contribution is -2.13. The van der Waals surface area contributed by atoms with E-state index in [0.717, 1.165) is 0 Å². The highest BCUT2D eigenvalue weighted by atomic mass is 16.3. The Bertz CT molecular complexity index is 433. The van der Waals surface area contributed by atoms with Crippen molar-refractivity contribution in [2.45, 2.75) is 6.92 Å². The number of amides is 1. The van der Waals surface area contributed by atoms with E-state index in [-0.39, 0.29) is 11.7 Å². The number of rotatable bonds is 2. The second-order valence-electron chi connectivity index (χ2n) is 2.56. The number of aryl methyl sites for hydroxylation is 1. The lowest BCUT2D eigenvalue weighted by atomic mass is 10.3. The summed E-state index contributed by atoms with van der Waals surface area (Å²) in [6.45, 7) is 1.68. The van der Waals surface area contributed by atoms with Crippen molar-refractivity contribution in [3.8, 4) is 0 Å². The molecule has 0 aromatic carbocycles. The van der Waals surface area contributed by atoms with Crippen LogP contribution in [0.2, 0.25) is 0 Å². The van der Waals surface area contributed by atoms with Crippen LogP contribution in [0.5, 0.6) is 0 Å². The van der Waals surface area contributed by atoms with Crippen LogP contribution in [0.25, 0.3) is 0 Å². The quantitative estimate of drug-likeness (QED) is 0.717. The summed E-state index contributed by atoms with van der Waals surface area (Å²) in [4.78, 5) is 19.0. The molecule has 0 aliphatic carbocycles. The fourth-order valence-electron chi connectivity index (χ4n) is 0.950. The summed E-state index contributed by atoms with van der Waals surface area (Å²) in [5, 5.41) is 8.54. The summed E-state index contributed by atoms with van der Waals surface area (Å²) in [6.07, 6.45) is 2.51. The second kappa shape index (κ2) is 3.29. The van der Waals surface area contributed by atoms with Crippen molar-refractivity contribution in [3.63, 3.8) is 0 Å². The first kappa shape index (κ1) is 8.42.